The van der Waals surface area contributed by atoms with E-state index in [1.165, 1.54) is 5.56 Å². The lowest BCUT2D eigenvalue weighted by Crippen LogP contribution is -2.35. The molecule has 1 aliphatic carbocycles. The summed E-state index contributed by atoms with van der Waals surface area (Å²) in [5.74, 6) is 1.37. The van der Waals surface area contributed by atoms with Crippen molar-refractivity contribution in [2.45, 2.75) is 45.2 Å². The maximum atomic E-state index is 12.5. The molecule has 0 radical (unpaired) electrons. The topological polar surface area (TPSA) is 77.7 Å². The fraction of sp³-hybridized carbons (Fsp3) is 0.381. The molecule has 1 aliphatic heterocycles. The van der Waals surface area contributed by atoms with E-state index < -0.39 is 0 Å². The number of aromatic amines is 2. The van der Waals surface area contributed by atoms with E-state index in [-0.39, 0.29) is 5.56 Å². The van der Waals surface area contributed by atoms with Crippen LogP contribution in [-0.2, 0) is 19.5 Å². The van der Waals surface area contributed by atoms with E-state index in [9.17, 15) is 4.79 Å². The molecule has 6 heteroatoms. The number of benzene rings is 1. The van der Waals surface area contributed by atoms with Gasteiger partial charge in [-0.25, -0.2) is 4.98 Å². The normalized spacial score (nSPS) is 17.1. The van der Waals surface area contributed by atoms with E-state index in [1.54, 1.807) is 0 Å². The summed E-state index contributed by atoms with van der Waals surface area (Å²) in [6.07, 6.45) is 5.02. The highest BCUT2D eigenvalue weighted by molar-refractivity contribution is 5.62. The number of fused-ring (bicyclic) bond motifs is 1. The molecule has 1 aromatic carbocycles. The number of nitrogens with one attached hydrogen (secondary N) is 2. The Balaban J connectivity index is 1.37. The maximum Gasteiger partial charge on any atom is 0.255 e. The summed E-state index contributed by atoms with van der Waals surface area (Å²) in [7, 11) is 0. The molecular formula is C21H23N5O. The quantitative estimate of drug-likeness (QED) is 0.749. The number of nitrogens with zero attached hydrogens (tertiary/aromatic N) is 3. The van der Waals surface area contributed by atoms with E-state index in [4.69, 9.17) is 4.98 Å². The molecular weight excluding hydrogens is 338 g/mol. The second-order valence-electron chi connectivity index (χ2n) is 7.75. The van der Waals surface area contributed by atoms with Crippen LogP contribution in [0.2, 0.25) is 0 Å². The molecule has 0 unspecified atom stereocenters. The Kier molecular flexibility index (Phi) is 3.93. The zero-order valence-corrected chi connectivity index (χ0v) is 15.5. The Morgan fingerprint density at radius 3 is 2.81 bits per heavy atom. The molecule has 2 N–H and O–H groups in total. The number of rotatable bonds is 4. The zero-order chi connectivity index (χ0) is 18.4. The van der Waals surface area contributed by atoms with Crippen molar-refractivity contribution in [2.75, 3.05) is 6.54 Å². The average molecular weight is 361 g/mol. The van der Waals surface area contributed by atoms with Crippen LogP contribution in [0.5, 0.6) is 0 Å². The van der Waals surface area contributed by atoms with Crippen molar-refractivity contribution in [3.63, 3.8) is 0 Å². The monoisotopic (exact) mass is 361 g/mol. The van der Waals surface area contributed by atoms with Gasteiger partial charge >= 0.3 is 0 Å². The van der Waals surface area contributed by atoms with Gasteiger partial charge in [0.15, 0.2) is 0 Å². The molecule has 5 rings (SSSR count). The van der Waals surface area contributed by atoms with Crippen molar-refractivity contribution in [1.29, 1.82) is 0 Å². The second-order valence-corrected chi connectivity index (χ2v) is 7.75. The largest absolute Gasteiger partial charge is 0.310 e. The molecule has 0 spiro atoms. The summed E-state index contributed by atoms with van der Waals surface area (Å²) in [5, 5.41) is 7.39. The van der Waals surface area contributed by atoms with Crippen molar-refractivity contribution < 1.29 is 0 Å². The fourth-order valence-corrected chi connectivity index (χ4v) is 3.83. The number of aryl methyl sites for hydroxylation is 1. The van der Waals surface area contributed by atoms with Crippen LogP contribution in [0, 0.1) is 6.92 Å². The second kappa shape index (κ2) is 6.46. The number of hydrogen-bond donors (Lipinski definition) is 2. The van der Waals surface area contributed by atoms with E-state index in [0.717, 1.165) is 66.3 Å². The van der Waals surface area contributed by atoms with Crippen LogP contribution in [0.25, 0.3) is 11.3 Å². The van der Waals surface area contributed by atoms with Crippen LogP contribution in [0.3, 0.4) is 0 Å². The van der Waals surface area contributed by atoms with Gasteiger partial charge in [0, 0.05) is 37.5 Å². The molecule has 0 atom stereocenters. The van der Waals surface area contributed by atoms with E-state index in [0.29, 0.717) is 12.5 Å². The number of H-pyrrole nitrogens is 2. The molecule has 27 heavy (non-hydrogen) atoms. The van der Waals surface area contributed by atoms with E-state index in [1.807, 2.05) is 6.20 Å². The predicted molar refractivity (Wildman–Crippen MR) is 103 cm³/mol. The summed E-state index contributed by atoms with van der Waals surface area (Å²) >= 11 is 0. The fourth-order valence-electron chi connectivity index (χ4n) is 3.83. The molecule has 0 amide bonds. The smallest absolute Gasteiger partial charge is 0.255 e. The molecule has 0 saturated heterocycles. The summed E-state index contributed by atoms with van der Waals surface area (Å²) in [6.45, 7) is 4.40. The van der Waals surface area contributed by atoms with Gasteiger partial charge in [0.05, 0.1) is 23.1 Å². The van der Waals surface area contributed by atoms with Crippen LogP contribution >= 0.6 is 0 Å². The SMILES string of the molecule is Cc1ccc(-c2[nH]ncc2CN2CCc3nc(C4CC4)[nH]c(=O)c3C2)cc1. The third kappa shape index (κ3) is 3.21. The minimum Gasteiger partial charge on any atom is -0.310 e. The molecule has 1 saturated carbocycles. The van der Waals surface area contributed by atoms with Gasteiger partial charge in [-0.3, -0.25) is 14.8 Å². The minimum absolute atomic E-state index is 0.0394. The van der Waals surface area contributed by atoms with E-state index >= 15 is 0 Å². The van der Waals surface area contributed by atoms with Crippen molar-refractivity contribution in [2.24, 2.45) is 0 Å². The summed E-state index contributed by atoms with van der Waals surface area (Å²) in [6, 6.07) is 8.46. The van der Waals surface area contributed by atoms with Gasteiger partial charge in [0.2, 0.25) is 0 Å². The Morgan fingerprint density at radius 2 is 2.04 bits per heavy atom. The highest BCUT2D eigenvalue weighted by atomic mass is 16.1. The van der Waals surface area contributed by atoms with Gasteiger partial charge in [-0.05, 0) is 25.3 Å². The Bertz CT molecular complexity index is 1030. The molecule has 2 aliphatic rings. The van der Waals surface area contributed by atoms with Crippen molar-refractivity contribution in [1.82, 2.24) is 25.1 Å². The molecule has 3 aromatic rings. The van der Waals surface area contributed by atoms with Crippen LogP contribution < -0.4 is 5.56 Å². The zero-order valence-electron chi connectivity index (χ0n) is 15.5. The molecule has 3 heterocycles. The summed E-state index contributed by atoms with van der Waals surface area (Å²) in [4.78, 5) is 22.6. The lowest BCUT2D eigenvalue weighted by Gasteiger charge is -2.27. The minimum atomic E-state index is 0.0394. The summed E-state index contributed by atoms with van der Waals surface area (Å²) in [5.41, 5.74) is 6.44. The van der Waals surface area contributed by atoms with Crippen molar-refractivity contribution >= 4 is 0 Å². The van der Waals surface area contributed by atoms with E-state index in [2.05, 4.69) is 51.3 Å². The third-order valence-electron chi connectivity index (χ3n) is 5.58. The maximum absolute atomic E-state index is 12.5. The lowest BCUT2D eigenvalue weighted by molar-refractivity contribution is 0.241. The molecule has 1 fully saturated rings. The number of hydrogen-bond acceptors (Lipinski definition) is 4. The molecule has 138 valence electrons. The number of aromatic nitrogens is 4. The van der Waals surface area contributed by atoms with Crippen LogP contribution in [0.4, 0.5) is 0 Å². The first kappa shape index (κ1) is 16.4. The van der Waals surface area contributed by atoms with Gasteiger partial charge < -0.3 is 4.98 Å². The Hall–Kier alpha value is -2.73. The van der Waals surface area contributed by atoms with Gasteiger partial charge in [-0.1, -0.05) is 29.8 Å². The Morgan fingerprint density at radius 1 is 1.22 bits per heavy atom. The third-order valence-corrected chi connectivity index (χ3v) is 5.58. The van der Waals surface area contributed by atoms with Crippen LogP contribution in [-0.4, -0.2) is 31.6 Å². The van der Waals surface area contributed by atoms with Gasteiger partial charge in [-0.15, -0.1) is 0 Å². The van der Waals surface area contributed by atoms with Crippen molar-refractivity contribution in [3.05, 3.63) is 69.0 Å². The standard InChI is InChI=1S/C21H23N5O/c1-13-2-4-14(5-3-13)19-16(10-22-25-19)11-26-9-8-18-17(12-26)21(27)24-20(23-18)15-6-7-15/h2-5,10,15H,6-9,11-12H2,1H3,(H,22,25)(H,23,24,27). The first-order valence-electron chi connectivity index (χ1n) is 9.61. The Labute approximate surface area is 157 Å². The van der Waals surface area contributed by atoms with Crippen molar-refractivity contribution in [3.8, 4) is 11.3 Å². The highest BCUT2D eigenvalue weighted by Gasteiger charge is 2.29. The summed E-state index contributed by atoms with van der Waals surface area (Å²) < 4.78 is 0. The molecule has 0 bridgehead atoms. The lowest BCUT2D eigenvalue weighted by atomic mass is 10.0. The van der Waals surface area contributed by atoms with Crippen LogP contribution in [0.15, 0.2) is 35.3 Å². The first-order valence-corrected chi connectivity index (χ1v) is 9.61. The highest BCUT2D eigenvalue weighted by Crippen LogP contribution is 2.37. The van der Waals surface area contributed by atoms with Crippen LogP contribution in [0.1, 0.15) is 47.0 Å². The van der Waals surface area contributed by atoms with Gasteiger partial charge in [0.25, 0.3) is 5.56 Å². The average Bonchev–Trinajstić information content (AvgIpc) is 3.43. The van der Waals surface area contributed by atoms with Gasteiger partial charge in [-0.2, -0.15) is 5.10 Å². The van der Waals surface area contributed by atoms with Gasteiger partial charge in [0.1, 0.15) is 5.82 Å². The first-order chi connectivity index (χ1) is 13.2. The molecule has 6 nitrogen and oxygen atoms in total. The predicted octanol–water partition coefficient (Wildman–Crippen LogP) is 2.90. The molecule has 2 aromatic heterocycles.